The van der Waals surface area contributed by atoms with E-state index in [0.717, 1.165) is 29.1 Å². The lowest BCUT2D eigenvalue weighted by Crippen LogP contribution is -2.13. The molecule has 0 fully saturated rings. The Bertz CT molecular complexity index is 1160. The predicted molar refractivity (Wildman–Crippen MR) is 123 cm³/mol. The van der Waals surface area contributed by atoms with Crippen molar-refractivity contribution >= 4 is 27.6 Å². The van der Waals surface area contributed by atoms with Crippen LogP contribution in [0.15, 0.2) is 41.8 Å². The number of hydrogen-bond acceptors (Lipinski definition) is 9. The molecular formula is C20H24N4O6S2. The Morgan fingerprint density at radius 1 is 1.09 bits per heavy atom. The van der Waals surface area contributed by atoms with Crippen molar-refractivity contribution in [2.75, 3.05) is 20.3 Å². The molecule has 0 saturated carbocycles. The standard InChI is InChI=1S/C19H20N4O2S.CH4O4S/c1-3-24-16-9-8-12(10-17(16)25-4-2)19-23-15(11-26-19)13-6-5-7-14(22-13)18(20)21;1-5-6(2,3)4/h5-11H,3-4H2,1-2H3,(H3,20,21);1H3,(H,2,3,4). The van der Waals surface area contributed by atoms with Gasteiger partial charge in [0, 0.05) is 10.9 Å². The molecule has 0 aliphatic carbocycles. The monoisotopic (exact) mass is 480 g/mol. The average molecular weight is 481 g/mol. The molecule has 3 rings (SSSR count). The van der Waals surface area contributed by atoms with Crippen LogP contribution in [0.3, 0.4) is 0 Å². The fraction of sp³-hybridized carbons (Fsp3) is 0.250. The lowest BCUT2D eigenvalue weighted by atomic mass is 10.2. The highest BCUT2D eigenvalue weighted by Crippen LogP contribution is 2.35. The lowest BCUT2D eigenvalue weighted by Gasteiger charge is -2.11. The van der Waals surface area contributed by atoms with Crippen LogP contribution in [0.5, 0.6) is 11.5 Å². The van der Waals surface area contributed by atoms with Crippen LogP contribution >= 0.6 is 11.3 Å². The first-order chi connectivity index (χ1) is 15.2. The number of ether oxygens (including phenoxy) is 2. The first kappa shape index (κ1) is 25.2. The third-order valence-corrected chi connectivity index (χ3v) is 5.11. The van der Waals surface area contributed by atoms with E-state index in [9.17, 15) is 8.42 Å². The van der Waals surface area contributed by atoms with Crippen LogP contribution in [0.2, 0.25) is 0 Å². The highest BCUT2D eigenvalue weighted by molar-refractivity contribution is 7.80. The van der Waals surface area contributed by atoms with Gasteiger partial charge in [-0.05, 0) is 44.2 Å². The minimum atomic E-state index is -4.16. The summed E-state index contributed by atoms with van der Waals surface area (Å²) in [4.78, 5) is 9.06. The number of thiazole rings is 1. The van der Waals surface area contributed by atoms with Crippen LogP contribution < -0.4 is 15.2 Å². The van der Waals surface area contributed by atoms with Gasteiger partial charge in [0.2, 0.25) is 0 Å². The van der Waals surface area contributed by atoms with Gasteiger partial charge in [0.15, 0.2) is 11.5 Å². The molecule has 0 bridgehead atoms. The largest absolute Gasteiger partial charge is 0.490 e. The molecule has 0 aliphatic heterocycles. The summed E-state index contributed by atoms with van der Waals surface area (Å²) in [6.45, 7) is 5.03. The number of benzene rings is 1. The molecule has 32 heavy (non-hydrogen) atoms. The van der Waals surface area contributed by atoms with Crippen molar-refractivity contribution in [3.05, 3.63) is 47.5 Å². The normalized spacial score (nSPS) is 10.8. The molecule has 0 unspecified atom stereocenters. The molecule has 0 atom stereocenters. The first-order valence-electron chi connectivity index (χ1n) is 9.38. The first-order valence-corrected chi connectivity index (χ1v) is 11.6. The maximum atomic E-state index is 9.33. The van der Waals surface area contributed by atoms with Crippen molar-refractivity contribution in [3.8, 4) is 33.5 Å². The van der Waals surface area contributed by atoms with Crippen LogP contribution in [-0.2, 0) is 14.6 Å². The van der Waals surface area contributed by atoms with E-state index in [-0.39, 0.29) is 5.84 Å². The average Bonchev–Trinajstić information content (AvgIpc) is 3.26. The quantitative estimate of drug-likeness (QED) is 0.250. The van der Waals surface area contributed by atoms with Crippen molar-refractivity contribution in [2.24, 2.45) is 5.73 Å². The summed E-state index contributed by atoms with van der Waals surface area (Å²) in [6.07, 6.45) is 0. The molecule has 4 N–H and O–H groups in total. The second-order valence-electron chi connectivity index (χ2n) is 5.98. The van der Waals surface area contributed by atoms with E-state index in [0.29, 0.717) is 30.4 Å². The van der Waals surface area contributed by atoms with Gasteiger partial charge in [0.1, 0.15) is 22.2 Å². The molecule has 0 radical (unpaired) electrons. The predicted octanol–water partition coefficient (Wildman–Crippen LogP) is 3.39. The summed E-state index contributed by atoms with van der Waals surface area (Å²) in [5, 5.41) is 10.3. The molecule has 0 amide bonds. The lowest BCUT2D eigenvalue weighted by molar-refractivity contribution is 0.288. The molecule has 2 heterocycles. The Morgan fingerprint density at radius 2 is 1.75 bits per heavy atom. The Morgan fingerprint density at radius 3 is 2.34 bits per heavy atom. The van der Waals surface area contributed by atoms with Crippen LogP contribution in [0.4, 0.5) is 0 Å². The molecule has 0 aliphatic rings. The van der Waals surface area contributed by atoms with E-state index < -0.39 is 10.4 Å². The number of rotatable bonds is 8. The molecule has 172 valence electrons. The Labute approximate surface area is 190 Å². The molecule has 0 spiro atoms. The third kappa shape index (κ3) is 7.27. The summed E-state index contributed by atoms with van der Waals surface area (Å²) < 4.78 is 41.0. The number of nitrogen functional groups attached to an aromatic ring is 1. The number of nitrogens with two attached hydrogens (primary N) is 1. The van der Waals surface area contributed by atoms with Gasteiger partial charge in [0.05, 0.1) is 26.0 Å². The maximum Gasteiger partial charge on any atom is 0.397 e. The second-order valence-corrected chi connectivity index (χ2v) is 8.03. The highest BCUT2D eigenvalue weighted by Gasteiger charge is 2.12. The van der Waals surface area contributed by atoms with Crippen LogP contribution in [0, 0.1) is 5.41 Å². The van der Waals surface area contributed by atoms with Crippen molar-refractivity contribution in [1.29, 1.82) is 5.41 Å². The van der Waals surface area contributed by atoms with E-state index >= 15 is 0 Å². The summed E-state index contributed by atoms with van der Waals surface area (Å²) >= 11 is 1.53. The summed E-state index contributed by atoms with van der Waals surface area (Å²) in [7, 11) is -3.29. The second kappa shape index (κ2) is 11.5. The van der Waals surface area contributed by atoms with E-state index in [2.05, 4.69) is 14.2 Å². The van der Waals surface area contributed by atoms with Gasteiger partial charge in [-0.25, -0.2) is 9.97 Å². The molecular weight excluding hydrogens is 456 g/mol. The van der Waals surface area contributed by atoms with Crippen molar-refractivity contribution in [2.45, 2.75) is 13.8 Å². The van der Waals surface area contributed by atoms with Crippen molar-refractivity contribution < 1.29 is 26.6 Å². The smallest absolute Gasteiger partial charge is 0.397 e. The van der Waals surface area contributed by atoms with E-state index in [4.69, 9.17) is 25.2 Å². The molecule has 0 saturated heterocycles. The van der Waals surface area contributed by atoms with Gasteiger partial charge in [-0.1, -0.05) is 6.07 Å². The number of pyridine rings is 1. The van der Waals surface area contributed by atoms with Crippen molar-refractivity contribution in [1.82, 2.24) is 9.97 Å². The van der Waals surface area contributed by atoms with E-state index in [1.54, 1.807) is 6.07 Å². The highest BCUT2D eigenvalue weighted by atomic mass is 32.3. The van der Waals surface area contributed by atoms with Gasteiger partial charge >= 0.3 is 10.4 Å². The Hall–Kier alpha value is -3.06. The minimum Gasteiger partial charge on any atom is -0.490 e. The number of hydrogen-bond donors (Lipinski definition) is 3. The van der Waals surface area contributed by atoms with Gasteiger partial charge in [0.25, 0.3) is 0 Å². The van der Waals surface area contributed by atoms with Gasteiger partial charge in [-0.2, -0.15) is 8.42 Å². The van der Waals surface area contributed by atoms with E-state index in [1.165, 1.54) is 11.3 Å². The zero-order chi connectivity index (χ0) is 23.7. The summed E-state index contributed by atoms with van der Waals surface area (Å²) in [5.74, 6) is 1.38. The molecule has 3 aromatic rings. The summed E-state index contributed by atoms with van der Waals surface area (Å²) in [6, 6.07) is 11.2. The fourth-order valence-corrected chi connectivity index (χ4v) is 3.25. The van der Waals surface area contributed by atoms with Gasteiger partial charge in [-0.15, -0.1) is 11.3 Å². The third-order valence-electron chi connectivity index (χ3n) is 3.79. The molecule has 2 aromatic heterocycles. The SMILES string of the molecule is CCOc1ccc(-c2nc(-c3cccc(C(=N)N)n3)cs2)cc1OCC.COS(=O)(=O)O. The minimum absolute atomic E-state index is 0.0600. The number of nitrogens with one attached hydrogen (secondary N) is 1. The Balaban J connectivity index is 0.000000534. The van der Waals surface area contributed by atoms with Gasteiger partial charge in [-0.3, -0.25) is 14.1 Å². The number of nitrogens with zero attached hydrogens (tertiary/aromatic N) is 2. The van der Waals surface area contributed by atoms with Gasteiger partial charge < -0.3 is 15.2 Å². The van der Waals surface area contributed by atoms with E-state index in [1.807, 2.05) is 49.6 Å². The number of amidine groups is 1. The molecule has 1 aromatic carbocycles. The number of aromatic nitrogens is 2. The molecule has 12 heteroatoms. The van der Waals surface area contributed by atoms with Crippen LogP contribution in [0.25, 0.3) is 22.0 Å². The fourth-order valence-electron chi connectivity index (χ4n) is 2.44. The topological polar surface area (TPSA) is 158 Å². The summed E-state index contributed by atoms with van der Waals surface area (Å²) in [5.41, 5.74) is 8.35. The van der Waals surface area contributed by atoms with Crippen LogP contribution in [-0.4, -0.2) is 49.1 Å². The maximum absolute atomic E-state index is 9.33. The van der Waals surface area contributed by atoms with Crippen LogP contribution in [0.1, 0.15) is 19.5 Å². The zero-order valence-corrected chi connectivity index (χ0v) is 19.4. The Kier molecular flexibility index (Phi) is 9.08. The zero-order valence-electron chi connectivity index (χ0n) is 17.7. The van der Waals surface area contributed by atoms with Crippen molar-refractivity contribution in [3.63, 3.8) is 0 Å². The molecule has 10 nitrogen and oxygen atoms in total.